The fraction of sp³-hybridized carbons (Fsp3) is 0.538. The molecule has 0 heterocycles. The lowest BCUT2D eigenvalue weighted by molar-refractivity contribution is 0.250. The Morgan fingerprint density at radius 3 is 2.56 bits per heavy atom. The van der Waals surface area contributed by atoms with Crippen LogP contribution in [0.1, 0.15) is 12.5 Å². The normalized spacial score (nSPS) is 12.4. The van der Waals surface area contributed by atoms with Crippen molar-refractivity contribution in [2.75, 3.05) is 25.2 Å². The zero-order valence-electron chi connectivity index (χ0n) is 9.98. The van der Waals surface area contributed by atoms with Crippen molar-refractivity contribution in [1.29, 1.82) is 0 Å². The van der Waals surface area contributed by atoms with Gasteiger partial charge in [0.15, 0.2) is 0 Å². The lowest BCUT2D eigenvalue weighted by atomic mass is 10.2. The summed E-state index contributed by atoms with van der Waals surface area (Å²) in [6, 6.07) is 8.20. The van der Waals surface area contributed by atoms with Crippen LogP contribution in [0.5, 0.6) is 5.75 Å². The van der Waals surface area contributed by atoms with Gasteiger partial charge in [-0.1, -0.05) is 19.1 Å². The Morgan fingerprint density at radius 1 is 1.31 bits per heavy atom. The molecule has 1 rings (SSSR count). The SMILES string of the molecule is COc1ccc(CCSCC(C)CO)cc1. The van der Waals surface area contributed by atoms with E-state index in [0.717, 1.165) is 23.7 Å². The molecule has 1 aromatic rings. The molecule has 3 heteroatoms. The maximum atomic E-state index is 8.88. The van der Waals surface area contributed by atoms with E-state index in [1.807, 2.05) is 23.9 Å². The van der Waals surface area contributed by atoms with Crippen LogP contribution >= 0.6 is 11.8 Å². The molecule has 16 heavy (non-hydrogen) atoms. The summed E-state index contributed by atoms with van der Waals surface area (Å²) in [7, 11) is 1.68. The van der Waals surface area contributed by atoms with Gasteiger partial charge >= 0.3 is 0 Å². The summed E-state index contributed by atoms with van der Waals surface area (Å²) < 4.78 is 5.11. The van der Waals surface area contributed by atoms with Gasteiger partial charge in [0.2, 0.25) is 0 Å². The Bertz CT molecular complexity index is 284. The van der Waals surface area contributed by atoms with Crippen molar-refractivity contribution in [2.45, 2.75) is 13.3 Å². The number of aryl methyl sites for hydroxylation is 1. The number of aliphatic hydroxyl groups excluding tert-OH is 1. The van der Waals surface area contributed by atoms with Gasteiger partial charge in [-0.3, -0.25) is 0 Å². The molecule has 0 bridgehead atoms. The highest BCUT2D eigenvalue weighted by Gasteiger charge is 2.00. The third kappa shape index (κ3) is 4.90. The fourth-order valence-electron chi connectivity index (χ4n) is 1.32. The average molecular weight is 240 g/mol. The summed E-state index contributed by atoms with van der Waals surface area (Å²) >= 11 is 1.90. The molecule has 2 nitrogen and oxygen atoms in total. The first kappa shape index (κ1) is 13.4. The molecule has 0 saturated carbocycles. The number of rotatable bonds is 7. The first-order valence-electron chi connectivity index (χ1n) is 5.57. The minimum absolute atomic E-state index is 0.287. The van der Waals surface area contributed by atoms with Crippen LogP contribution in [0.25, 0.3) is 0 Å². The second-order valence-corrected chi connectivity index (χ2v) is 5.11. The van der Waals surface area contributed by atoms with Gasteiger partial charge in [0.1, 0.15) is 5.75 Å². The Balaban J connectivity index is 2.21. The van der Waals surface area contributed by atoms with Gasteiger partial charge in [-0.05, 0) is 41.5 Å². The largest absolute Gasteiger partial charge is 0.497 e. The van der Waals surface area contributed by atoms with E-state index in [1.165, 1.54) is 5.56 Å². The molecule has 1 N–H and O–H groups in total. The van der Waals surface area contributed by atoms with Crippen LogP contribution in [0, 0.1) is 5.92 Å². The maximum absolute atomic E-state index is 8.88. The number of hydrogen-bond donors (Lipinski definition) is 1. The predicted molar refractivity (Wildman–Crippen MR) is 70.3 cm³/mol. The topological polar surface area (TPSA) is 29.5 Å². The minimum Gasteiger partial charge on any atom is -0.497 e. The lowest BCUT2D eigenvalue weighted by Gasteiger charge is -2.07. The molecule has 1 unspecified atom stereocenters. The average Bonchev–Trinajstić information content (AvgIpc) is 2.35. The van der Waals surface area contributed by atoms with Crippen molar-refractivity contribution in [3.8, 4) is 5.75 Å². The molecule has 1 atom stereocenters. The zero-order chi connectivity index (χ0) is 11.8. The van der Waals surface area contributed by atoms with Crippen molar-refractivity contribution in [2.24, 2.45) is 5.92 Å². The van der Waals surface area contributed by atoms with E-state index < -0.39 is 0 Å². The highest BCUT2D eigenvalue weighted by Crippen LogP contribution is 2.14. The van der Waals surface area contributed by atoms with Crippen molar-refractivity contribution in [3.63, 3.8) is 0 Å². The quantitative estimate of drug-likeness (QED) is 0.743. The molecule has 90 valence electrons. The van der Waals surface area contributed by atoms with Crippen molar-refractivity contribution >= 4 is 11.8 Å². The van der Waals surface area contributed by atoms with Gasteiger partial charge in [0.25, 0.3) is 0 Å². The number of hydrogen-bond acceptors (Lipinski definition) is 3. The van der Waals surface area contributed by atoms with Crippen molar-refractivity contribution < 1.29 is 9.84 Å². The molecule has 0 amide bonds. The molecule has 0 saturated heterocycles. The van der Waals surface area contributed by atoms with Crippen LogP contribution in [0.2, 0.25) is 0 Å². The predicted octanol–water partition coefficient (Wildman–Crippen LogP) is 2.60. The number of ether oxygens (including phenoxy) is 1. The van der Waals surface area contributed by atoms with Crippen LogP contribution in [-0.2, 0) is 6.42 Å². The number of benzene rings is 1. The van der Waals surface area contributed by atoms with Gasteiger partial charge < -0.3 is 9.84 Å². The molecule has 0 fully saturated rings. The van der Waals surface area contributed by atoms with E-state index in [1.54, 1.807) is 7.11 Å². The molecular weight excluding hydrogens is 220 g/mol. The summed E-state index contributed by atoms with van der Waals surface area (Å²) in [5, 5.41) is 8.88. The third-order valence-electron chi connectivity index (χ3n) is 2.41. The highest BCUT2D eigenvalue weighted by atomic mass is 32.2. The summed E-state index contributed by atoms with van der Waals surface area (Å²) in [4.78, 5) is 0. The van der Waals surface area contributed by atoms with E-state index in [4.69, 9.17) is 9.84 Å². The van der Waals surface area contributed by atoms with Crippen molar-refractivity contribution in [1.82, 2.24) is 0 Å². The lowest BCUT2D eigenvalue weighted by Crippen LogP contribution is -2.04. The number of thioether (sulfide) groups is 1. The van der Waals surface area contributed by atoms with E-state index in [2.05, 4.69) is 19.1 Å². The standard InChI is InChI=1S/C13H20O2S/c1-11(9-14)10-16-8-7-12-3-5-13(15-2)6-4-12/h3-6,11,14H,7-10H2,1-2H3. The molecule has 0 spiro atoms. The van der Waals surface area contributed by atoms with Crippen LogP contribution in [0.3, 0.4) is 0 Å². The Kier molecular flexibility index (Phi) is 6.34. The van der Waals surface area contributed by atoms with Crippen LogP contribution < -0.4 is 4.74 Å². The maximum Gasteiger partial charge on any atom is 0.118 e. The summed E-state index contributed by atoms with van der Waals surface area (Å²) in [5.74, 6) is 3.45. The second-order valence-electron chi connectivity index (χ2n) is 3.96. The number of methoxy groups -OCH3 is 1. The summed E-state index contributed by atoms with van der Waals surface area (Å²) in [6.07, 6.45) is 1.08. The number of aliphatic hydroxyl groups is 1. The Morgan fingerprint density at radius 2 is 2.00 bits per heavy atom. The van der Waals surface area contributed by atoms with E-state index in [-0.39, 0.29) is 6.61 Å². The summed E-state index contributed by atoms with van der Waals surface area (Å²) in [5.41, 5.74) is 1.34. The second kappa shape index (κ2) is 7.58. The molecule has 0 aliphatic rings. The molecule has 1 aromatic carbocycles. The van der Waals surface area contributed by atoms with Crippen LogP contribution in [0.15, 0.2) is 24.3 Å². The first-order chi connectivity index (χ1) is 7.76. The van der Waals surface area contributed by atoms with Gasteiger partial charge in [0, 0.05) is 6.61 Å². The van der Waals surface area contributed by atoms with Gasteiger partial charge in [-0.2, -0.15) is 11.8 Å². The highest BCUT2D eigenvalue weighted by molar-refractivity contribution is 7.99. The van der Waals surface area contributed by atoms with E-state index >= 15 is 0 Å². The monoisotopic (exact) mass is 240 g/mol. The minimum atomic E-state index is 0.287. The fourth-order valence-corrected chi connectivity index (χ4v) is 2.37. The first-order valence-corrected chi connectivity index (χ1v) is 6.73. The Labute approximate surface area is 102 Å². The molecule has 0 aromatic heterocycles. The zero-order valence-corrected chi connectivity index (χ0v) is 10.8. The smallest absolute Gasteiger partial charge is 0.118 e. The molecule has 0 aliphatic heterocycles. The molecular formula is C13H20O2S. The van der Waals surface area contributed by atoms with Gasteiger partial charge in [0.05, 0.1) is 7.11 Å². The van der Waals surface area contributed by atoms with Crippen LogP contribution in [-0.4, -0.2) is 30.3 Å². The molecule has 0 aliphatic carbocycles. The Hall–Kier alpha value is -0.670. The molecule has 0 radical (unpaired) electrons. The van der Waals surface area contributed by atoms with E-state index in [0.29, 0.717) is 5.92 Å². The van der Waals surface area contributed by atoms with Gasteiger partial charge in [-0.25, -0.2) is 0 Å². The van der Waals surface area contributed by atoms with E-state index in [9.17, 15) is 0 Å². The third-order valence-corrected chi connectivity index (χ3v) is 3.71. The van der Waals surface area contributed by atoms with Crippen LogP contribution in [0.4, 0.5) is 0 Å². The summed E-state index contributed by atoms with van der Waals surface area (Å²) in [6.45, 7) is 2.36. The van der Waals surface area contributed by atoms with Crippen molar-refractivity contribution in [3.05, 3.63) is 29.8 Å². The van der Waals surface area contributed by atoms with Gasteiger partial charge in [-0.15, -0.1) is 0 Å².